The first-order valence-corrected chi connectivity index (χ1v) is 10.8. The highest BCUT2D eigenvalue weighted by molar-refractivity contribution is 5.91. The van der Waals surface area contributed by atoms with Gasteiger partial charge in [-0.2, -0.15) is 0 Å². The number of aromatic nitrogens is 2. The average Bonchev–Trinajstić information content (AvgIpc) is 3.36. The monoisotopic (exact) mass is 402 g/mol. The molecule has 7 nitrogen and oxygen atoms in total. The van der Waals surface area contributed by atoms with Crippen molar-refractivity contribution in [3.8, 4) is 0 Å². The van der Waals surface area contributed by atoms with E-state index in [9.17, 15) is 0 Å². The number of benzene rings is 1. The molecule has 0 spiro atoms. The fraction of sp³-hybridized carbons (Fsp3) is 0.391. The molecule has 3 saturated heterocycles. The van der Waals surface area contributed by atoms with Crippen LogP contribution in [0, 0.1) is 12.8 Å². The maximum absolute atomic E-state index is 5.73. The zero-order valence-corrected chi connectivity index (χ0v) is 17.1. The third-order valence-electron chi connectivity index (χ3n) is 6.73. The topological polar surface area (TPSA) is 65.6 Å². The van der Waals surface area contributed by atoms with Crippen LogP contribution in [-0.2, 0) is 4.74 Å². The summed E-state index contributed by atoms with van der Waals surface area (Å²) in [6.07, 6.45) is 7.83. The summed E-state index contributed by atoms with van der Waals surface area (Å²) < 4.78 is 5.73. The predicted molar refractivity (Wildman–Crippen MR) is 116 cm³/mol. The van der Waals surface area contributed by atoms with Crippen molar-refractivity contribution in [2.45, 2.75) is 32.2 Å². The summed E-state index contributed by atoms with van der Waals surface area (Å²) in [7, 11) is 0. The minimum Gasteiger partial charge on any atom is -0.458 e. The summed E-state index contributed by atoms with van der Waals surface area (Å²) in [4.78, 5) is 14.1. The van der Waals surface area contributed by atoms with Gasteiger partial charge in [0.2, 0.25) is 5.95 Å². The zero-order chi connectivity index (χ0) is 20.1. The summed E-state index contributed by atoms with van der Waals surface area (Å²) in [5.74, 6) is 1.42. The Bertz CT molecular complexity index is 1030. The molecule has 2 N–H and O–H groups in total. The van der Waals surface area contributed by atoms with Crippen molar-refractivity contribution in [1.29, 1.82) is 0 Å². The van der Waals surface area contributed by atoms with Crippen LogP contribution in [0.4, 0.5) is 5.95 Å². The van der Waals surface area contributed by atoms with Crippen LogP contribution in [0.5, 0.6) is 0 Å². The summed E-state index contributed by atoms with van der Waals surface area (Å²) in [5, 5.41) is 7.14. The Kier molecular flexibility index (Phi) is 4.16. The molecule has 1 aromatic carbocycles. The molecule has 2 bridgehead atoms. The molecule has 0 amide bonds. The fourth-order valence-corrected chi connectivity index (χ4v) is 5.11. The molecule has 0 saturated carbocycles. The van der Waals surface area contributed by atoms with Crippen molar-refractivity contribution >= 4 is 17.3 Å². The number of aryl methyl sites for hydroxylation is 1. The van der Waals surface area contributed by atoms with Crippen molar-refractivity contribution < 1.29 is 4.74 Å². The van der Waals surface area contributed by atoms with Gasteiger partial charge in [-0.25, -0.2) is 9.97 Å². The molecular formula is C23H26N6O. The van der Waals surface area contributed by atoms with Gasteiger partial charge in [-0.3, -0.25) is 4.90 Å². The van der Waals surface area contributed by atoms with Crippen LogP contribution < -0.4 is 10.6 Å². The molecule has 6 heterocycles. The molecule has 5 aliphatic rings. The van der Waals surface area contributed by atoms with E-state index in [2.05, 4.69) is 56.6 Å². The second kappa shape index (κ2) is 7.02. The summed E-state index contributed by atoms with van der Waals surface area (Å²) in [5.41, 5.74) is 5.31. The van der Waals surface area contributed by atoms with Gasteiger partial charge in [0.15, 0.2) is 0 Å². The molecule has 154 valence electrons. The lowest BCUT2D eigenvalue weighted by molar-refractivity contribution is 0.0848. The number of hydrogen-bond acceptors (Lipinski definition) is 7. The number of rotatable bonds is 4. The minimum absolute atomic E-state index is 0.233. The third-order valence-corrected chi connectivity index (χ3v) is 6.73. The lowest BCUT2D eigenvalue weighted by atomic mass is 9.84. The van der Waals surface area contributed by atoms with Crippen LogP contribution in [-0.4, -0.2) is 51.8 Å². The molecule has 30 heavy (non-hydrogen) atoms. The Labute approximate surface area is 176 Å². The second-order valence-electron chi connectivity index (χ2n) is 8.52. The van der Waals surface area contributed by atoms with Crippen molar-refractivity contribution in [2.24, 2.45) is 5.92 Å². The normalized spacial score (nSPS) is 29.0. The first-order valence-electron chi connectivity index (χ1n) is 10.8. The molecule has 3 fully saturated rings. The van der Waals surface area contributed by atoms with E-state index in [1.54, 1.807) is 6.26 Å². The van der Waals surface area contributed by atoms with Gasteiger partial charge in [0.25, 0.3) is 6.35 Å². The van der Waals surface area contributed by atoms with Crippen LogP contribution in [0.25, 0.3) is 11.4 Å². The lowest BCUT2D eigenvalue weighted by Crippen LogP contribution is -2.53. The largest absolute Gasteiger partial charge is 0.458 e. The Hall–Kier alpha value is -3.06. The second-order valence-corrected chi connectivity index (χ2v) is 8.52. The molecule has 0 aliphatic carbocycles. The Morgan fingerprint density at radius 2 is 2.03 bits per heavy atom. The Morgan fingerprint density at radius 1 is 1.17 bits per heavy atom. The molecule has 2 aromatic rings. The Morgan fingerprint density at radius 3 is 2.83 bits per heavy atom. The summed E-state index contributed by atoms with van der Waals surface area (Å²) in [6, 6.07) is 10.8. The van der Waals surface area contributed by atoms with Gasteiger partial charge < -0.3 is 20.3 Å². The van der Waals surface area contributed by atoms with Crippen LogP contribution >= 0.6 is 0 Å². The number of nitrogens with one attached hydrogen (secondary N) is 2. The van der Waals surface area contributed by atoms with Gasteiger partial charge in [-0.15, -0.1) is 0 Å². The van der Waals surface area contributed by atoms with Crippen LogP contribution in [0.3, 0.4) is 0 Å². The van der Waals surface area contributed by atoms with Gasteiger partial charge >= 0.3 is 0 Å². The highest BCUT2D eigenvalue weighted by atomic mass is 16.5. The fourth-order valence-electron chi connectivity index (χ4n) is 5.11. The quantitative estimate of drug-likeness (QED) is 0.815. The molecule has 0 radical (unpaired) electrons. The number of fused-ring (bicyclic) bond motifs is 4. The lowest BCUT2D eigenvalue weighted by Gasteiger charge is -2.44. The predicted octanol–water partition coefficient (Wildman–Crippen LogP) is 2.81. The number of hydrogen-bond donors (Lipinski definition) is 2. The molecule has 1 aromatic heterocycles. The molecular weight excluding hydrogens is 376 g/mol. The third kappa shape index (κ3) is 2.92. The minimum atomic E-state index is -0.233. The number of nitrogens with zero attached hydrogens (tertiary/aromatic N) is 4. The molecule has 2 atom stereocenters. The van der Waals surface area contributed by atoms with Crippen LogP contribution in [0.15, 0.2) is 49.0 Å². The van der Waals surface area contributed by atoms with E-state index >= 15 is 0 Å². The SMILES string of the molecule is Cc1ccccc1C1=C(c2ccnc(N[C@H]3CN4CCC3CC4)n2)N2C=COC2N1. The molecule has 7 rings (SSSR count). The van der Waals surface area contributed by atoms with E-state index in [1.165, 1.54) is 31.5 Å². The first kappa shape index (κ1) is 17.8. The van der Waals surface area contributed by atoms with Crippen molar-refractivity contribution in [3.63, 3.8) is 0 Å². The van der Waals surface area contributed by atoms with Gasteiger partial charge in [0.05, 0.1) is 17.1 Å². The summed E-state index contributed by atoms with van der Waals surface area (Å²) in [6.45, 7) is 5.67. The first-order chi connectivity index (χ1) is 14.8. The van der Waals surface area contributed by atoms with E-state index < -0.39 is 0 Å². The van der Waals surface area contributed by atoms with Gasteiger partial charge in [0, 0.05) is 30.5 Å². The summed E-state index contributed by atoms with van der Waals surface area (Å²) >= 11 is 0. The van der Waals surface area contributed by atoms with E-state index in [4.69, 9.17) is 9.72 Å². The van der Waals surface area contributed by atoms with Crippen LogP contribution in [0.1, 0.15) is 29.7 Å². The van der Waals surface area contributed by atoms with Gasteiger partial charge in [-0.05, 0) is 50.4 Å². The van der Waals surface area contributed by atoms with E-state index in [0.717, 1.165) is 35.1 Å². The highest BCUT2D eigenvalue weighted by Gasteiger charge is 2.37. The van der Waals surface area contributed by atoms with E-state index in [0.29, 0.717) is 12.0 Å². The van der Waals surface area contributed by atoms with Crippen molar-refractivity contribution in [2.75, 3.05) is 25.0 Å². The van der Waals surface area contributed by atoms with Gasteiger partial charge in [-0.1, -0.05) is 24.3 Å². The van der Waals surface area contributed by atoms with Crippen LogP contribution in [0.2, 0.25) is 0 Å². The molecule has 5 aliphatic heterocycles. The smallest absolute Gasteiger partial charge is 0.254 e. The number of piperidine rings is 3. The molecule has 7 heteroatoms. The van der Waals surface area contributed by atoms with Gasteiger partial charge in [0.1, 0.15) is 6.26 Å². The Balaban J connectivity index is 1.36. The van der Waals surface area contributed by atoms with Crippen molar-refractivity contribution in [3.05, 3.63) is 65.8 Å². The average molecular weight is 403 g/mol. The highest BCUT2D eigenvalue weighted by Crippen LogP contribution is 2.38. The maximum Gasteiger partial charge on any atom is 0.254 e. The van der Waals surface area contributed by atoms with Crippen molar-refractivity contribution in [1.82, 2.24) is 25.1 Å². The van der Waals surface area contributed by atoms with E-state index in [1.807, 2.05) is 18.5 Å². The standard InChI is InChI=1S/C23H26N6O/c1-15-4-2-3-5-17(15)20-21(29-12-13-30-23(29)27-20)18-6-9-24-22(25-18)26-19-14-28-10-7-16(19)8-11-28/h2-6,9,12-13,16,19,23,27H,7-8,10-11,14H2,1H3,(H,24,25,26)/t19-,23?/m0/s1. The molecule has 1 unspecified atom stereocenters. The van der Waals surface area contributed by atoms with E-state index in [-0.39, 0.29) is 6.35 Å². The number of ether oxygens (including phenoxy) is 1. The maximum atomic E-state index is 5.73. The zero-order valence-electron chi connectivity index (χ0n) is 17.1. The number of anilines is 1.